The second-order valence-electron chi connectivity index (χ2n) is 10.4. The lowest BCUT2D eigenvalue weighted by molar-refractivity contribution is -0.122. The van der Waals surface area contributed by atoms with E-state index in [-0.39, 0.29) is 17.7 Å². The van der Waals surface area contributed by atoms with E-state index in [9.17, 15) is 14.4 Å². The highest BCUT2D eigenvalue weighted by Gasteiger charge is 2.68. The zero-order valence-electron chi connectivity index (χ0n) is 22.0. The Morgan fingerprint density at radius 1 is 0.878 bits per heavy atom. The van der Waals surface area contributed by atoms with Crippen LogP contribution in [0.5, 0.6) is 5.75 Å². The number of anilines is 1. The molecule has 41 heavy (non-hydrogen) atoms. The molecule has 3 aliphatic carbocycles. The molecule has 7 nitrogen and oxygen atoms in total. The summed E-state index contributed by atoms with van der Waals surface area (Å²) in [5.74, 6) is -2.44. The normalized spacial score (nSPS) is 23.8. The number of benzene rings is 4. The SMILES string of the molecule is COc1ccccc1C(=O)N/N=C\C12c3ccccc3C(c3ccccc31)[C@H]1C(=O)N(c3ccccc3Cl)C(=O)[C@H]12. The topological polar surface area (TPSA) is 88.1 Å². The van der Waals surface area contributed by atoms with Gasteiger partial charge in [-0.15, -0.1) is 0 Å². The van der Waals surface area contributed by atoms with E-state index < -0.39 is 23.2 Å². The maximum Gasteiger partial charge on any atom is 0.275 e. The third-order valence-electron chi connectivity index (χ3n) is 8.56. The van der Waals surface area contributed by atoms with Crippen LogP contribution in [-0.4, -0.2) is 31.0 Å². The summed E-state index contributed by atoms with van der Waals surface area (Å²) in [4.78, 5) is 43.0. The van der Waals surface area contributed by atoms with Gasteiger partial charge in [0, 0.05) is 12.1 Å². The summed E-state index contributed by atoms with van der Waals surface area (Å²) in [5.41, 5.74) is 5.94. The van der Waals surface area contributed by atoms with Gasteiger partial charge in [-0.05, 0) is 46.5 Å². The predicted octanol–water partition coefficient (Wildman–Crippen LogP) is 5.32. The van der Waals surface area contributed by atoms with Gasteiger partial charge in [-0.25, -0.2) is 10.3 Å². The molecule has 0 spiro atoms. The van der Waals surface area contributed by atoms with E-state index in [0.717, 1.165) is 22.3 Å². The molecule has 4 aliphatic rings. The molecule has 4 aromatic rings. The monoisotopic (exact) mass is 561 g/mol. The van der Waals surface area contributed by atoms with Crippen LogP contribution >= 0.6 is 11.6 Å². The number of nitrogens with one attached hydrogen (secondary N) is 1. The summed E-state index contributed by atoms with van der Waals surface area (Å²) < 4.78 is 5.34. The van der Waals surface area contributed by atoms with Gasteiger partial charge in [0.25, 0.3) is 5.91 Å². The molecule has 1 fully saturated rings. The van der Waals surface area contributed by atoms with Gasteiger partial charge in [-0.3, -0.25) is 14.4 Å². The van der Waals surface area contributed by atoms with Gasteiger partial charge in [-0.1, -0.05) is 84.4 Å². The van der Waals surface area contributed by atoms with E-state index in [0.29, 0.717) is 22.0 Å². The number of rotatable bonds is 5. The fraction of sp³-hybridized carbons (Fsp3) is 0.152. The Bertz CT molecular complexity index is 1740. The lowest BCUT2D eigenvalue weighted by Crippen LogP contribution is -2.54. The van der Waals surface area contributed by atoms with E-state index in [2.05, 4.69) is 10.5 Å². The molecule has 8 rings (SSSR count). The molecule has 0 aromatic heterocycles. The van der Waals surface area contributed by atoms with Crippen LogP contribution in [-0.2, 0) is 15.0 Å². The Kier molecular flexibility index (Phi) is 5.80. The standard InChI is InChI=1S/C33H24ClN3O4/c1-41-26-17-9-4-12-21(26)30(38)36-35-18-33-22-13-5-2-10-19(22)27(20-11-3-6-14-23(20)33)28-29(33)32(40)37(31(28)39)25-16-8-7-15-24(25)34/h2-18,27-29H,1H3,(H,36,38)/b35-18-/t27?,28-,29+,33?/m1/s1. The highest BCUT2D eigenvalue weighted by Crippen LogP contribution is 2.63. The highest BCUT2D eigenvalue weighted by atomic mass is 35.5. The van der Waals surface area contributed by atoms with Crippen molar-refractivity contribution in [1.82, 2.24) is 5.43 Å². The zero-order chi connectivity index (χ0) is 28.3. The minimum Gasteiger partial charge on any atom is -0.496 e. The summed E-state index contributed by atoms with van der Waals surface area (Å²) in [7, 11) is 1.50. The number of para-hydroxylation sites is 2. The van der Waals surface area contributed by atoms with Gasteiger partial charge in [0.1, 0.15) is 5.75 Å². The number of carbonyl (C=O) groups excluding carboxylic acids is 3. The van der Waals surface area contributed by atoms with Crippen molar-refractivity contribution in [3.8, 4) is 5.75 Å². The van der Waals surface area contributed by atoms with E-state index in [1.807, 2.05) is 48.5 Å². The maximum absolute atomic E-state index is 14.4. The number of halogens is 1. The minimum atomic E-state index is -1.11. The predicted molar refractivity (Wildman–Crippen MR) is 155 cm³/mol. The van der Waals surface area contributed by atoms with E-state index in [4.69, 9.17) is 16.3 Å². The molecule has 1 N–H and O–H groups in total. The van der Waals surface area contributed by atoms with Gasteiger partial charge in [0.15, 0.2) is 0 Å². The van der Waals surface area contributed by atoms with Crippen LogP contribution < -0.4 is 15.1 Å². The first-order chi connectivity index (χ1) is 20.0. The van der Waals surface area contributed by atoms with E-state index in [1.165, 1.54) is 12.0 Å². The first-order valence-corrected chi connectivity index (χ1v) is 13.7. The Balaban J connectivity index is 1.41. The number of carbonyl (C=O) groups is 3. The van der Waals surface area contributed by atoms with Crippen LogP contribution in [0.25, 0.3) is 0 Å². The fourth-order valence-corrected chi connectivity index (χ4v) is 7.23. The summed E-state index contributed by atoms with van der Waals surface area (Å²) in [5, 5.41) is 4.78. The molecule has 202 valence electrons. The molecule has 0 saturated carbocycles. The molecule has 2 bridgehead atoms. The average Bonchev–Trinajstić information content (AvgIpc) is 3.28. The summed E-state index contributed by atoms with van der Waals surface area (Å²) in [6.45, 7) is 0. The Morgan fingerprint density at radius 3 is 2.17 bits per heavy atom. The lowest BCUT2D eigenvalue weighted by atomic mass is 9.47. The molecule has 3 amide bonds. The summed E-state index contributed by atoms with van der Waals surface area (Å²) >= 11 is 6.50. The molecule has 8 heteroatoms. The van der Waals surface area contributed by atoms with E-state index in [1.54, 1.807) is 54.7 Å². The largest absolute Gasteiger partial charge is 0.496 e. The Labute approximate surface area is 241 Å². The van der Waals surface area contributed by atoms with Crippen LogP contribution in [0.2, 0.25) is 5.02 Å². The van der Waals surface area contributed by atoms with Crippen molar-refractivity contribution in [2.45, 2.75) is 11.3 Å². The zero-order valence-corrected chi connectivity index (χ0v) is 22.7. The number of methoxy groups -OCH3 is 1. The smallest absolute Gasteiger partial charge is 0.275 e. The van der Waals surface area contributed by atoms with Crippen LogP contribution in [0.15, 0.2) is 102 Å². The Hall–Kier alpha value is -4.75. The van der Waals surface area contributed by atoms with Gasteiger partial charge in [-0.2, -0.15) is 5.10 Å². The maximum atomic E-state index is 14.4. The number of ether oxygens (including phenoxy) is 1. The molecule has 1 saturated heterocycles. The van der Waals surface area contributed by atoms with Crippen molar-refractivity contribution in [2.24, 2.45) is 16.9 Å². The van der Waals surface area contributed by atoms with Crippen molar-refractivity contribution in [1.29, 1.82) is 0 Å². The molecule has 2 atom stereocenters. The first-order valence-electron chi connectivity index (χ1n) is 13.3. The van der Waals surface area contributed by atoms with Gasteiger partial charge in [0.2, 0.25) is 11.8 Å². The Morgan fingerprint density at radius 2 is 1.49 bits per heavy atom. The average molecular weight is 562 g/mol. The van der Waals surface area contributed by atoms with Crippen molar-refractivity contribution in [3.63, 3.8) is 0 Å². The quantitative estimate of drug-likeness (QED) is 0.203. The minimum absolute atomic E-state index is 0.294. The second-order valence-corrected chi connectivity index (χ2v) is 10.8. The molecule has 1 aliphatic heterocycles. The van der Waals surface area contributed by atoms with Crippen molar-refractivity contribution < 1.29 is 19.1 Å². The number of hydrogen-bond acceptors (Lipinski definition) is 5. The third-order valence-corrected chi connectivity index (χ3v) is 8.88. The van der Waals surface area contributed by atoms with Crippen LogP contribution in [0.4, 0.5) is 5.69 Å². The van der Waals surface area contributed by atoms with Crippen LogP contribution in [0.3, 0.4) is 0 Å². The van der Waals surface area contributed by atoms with Crippen molar-refractivity contribution >= 4 is 41.2 Å². The molecule has 0 unspecified atom stereocenters. The third kappa shape index (κ3) is 3.45. The van der Waals surface area contributed by atoms with Crippen LogP contribution in [0, 0.1) is 11.8 Å². The molecular weight excluding hydrogens is 538 g/mol. The van der Waals surface area contributed by atoms with Gasteiger partial charge < -0.3 is 4.74 Å². The number of imide groups is 1. The number of hydrogen-bond donors (Lipinski definition) is 1. The number of amides is 3. The molecule has 4 aromatic carbocycles. The molecule has 0 radical (unpaired) electrons. The van der Waals surface area contributed by atoms with Crippen LogP contribution in [0.1, 0.15) is 38.5 Å². The molecule has 1 heterocycles. The summed E-state index contributed by atoms with van der Waals surface area (Å²) in [6.07, 6.45) is 1.63. The number of nitrogens with zero attached hydrogens (tertiary/aromatic N) is 2. The van der Waals surface area contributed by atoms with E-state index >= 15 is 0 Å². The summed E-state index contributed by atoms with van der Waals surface area (Å²) in [6, 6.07) is 29.5. The lowest BCUT2D eigenvalue weighted by Gasteiger charge is -2.52. The second kappa shape index (κ2) is 9.42. The molecular formula is C33H24ClN3O4. The first kappa shape index (κ1) is 25.2. The fourth-order valence-electron chi connectivity index (χ4n) is 7.01. The van der Waals surface area contributed by atoms with Crippen molar-refractivity contribution in [3.05, 3.63) is 130 Å². The van der Waals surface area contributed by atoms with Gasteiger partial charge >= 0.3 is 0 Å². The van der Waals surface area contributed by atoms with Gasteiger partial charge in [0.05, 0.1) is 40.6 Å². The number of hydrazone groups is 1. The highest BCUT2D eigenvalue weighted by molar-refractivity contribution is 6.36. The van der Waals surface area contributed by atoms with Crippen molar-refractivity contribution in [2.75, 3.05) is 12.0 Å².